The highest BCUT2D eigenvalue weighted by Crippen LogP contribution is 2.26. The van der Waals surface area contributed by atoms with Crippen molar-refractivity contribution in [1.82, 2.24) is 9.97 Å². The van der Waals surface area contributed by atoms with E-state index in [9.17, 15) is 9.18 Å². The van der Waals surface area contributed by atoms with Crippen molar-refractivity contribution < 1.29 is 14.3 Å². The van der Waals surface area contributed by atoms with Gasteiger partial charge < -0.3 is 10.1 Å². The van der Waals surface area contributed by atoms with Gasteiger partial charge in [0.15, 0.2) is 0 Å². The van der Waals surface area contributed by atoms with E-state index in [4.69, 9.17) is 16.7 Å². The molecular weight excluding hydrogens is 295 g/mol. The second-order valence-electron chi connectivity index (χ2n) is 4.76. The summed E-state index contributed by atoms with van der Waals surface area (Å²) in [7, 11) is 0. The molecule has 0 spiro atoms. The molecule has 3 aromatic rings. The average molecular weight is 305 g/mol. The van der Waals surface area contributed by atoms with Crippen LogP contribution >= 0.6 is 11.6 Å². The molecular formula is C15H10ClFN2O2. The van der Waals surface area contributed by atoms with Gasteiger partial charge in [0.2, 0.25) is 0 Å². The van der Waals surface area contributed by atoms with E-state index in [1.807, 2.05) is 13.0 Å². The highest BCUT2D eigenvalue weighted by molar-refractivity contribution is 6.30. The van der Waals surface area contributed by atoms with Crippen molar-refractivity contribution in [2.24, 2.45) is 0 Å². The van der Waals surface area contributed by atoms with Crippen molar-refractivity contribution in [1.29, 1.82) is 0 Å². The number of aromatic nitrogens is 2. The summed E-state index contributed by atoms with van der Waals surface area (Å²) in [6.45, 7) is 1.89. The van der Waals surface area contributed by atoms with E-state index in [0.29, 0.717) is 21.9 Å². The van der Waals surface area contributed by atoms with Gasteiger partial charge in [0, 0.05) is 10.6 Å². The maximum atomic E-state index is 13.5. The van der Waals surface area contributed by atoms with Gasteiger partial charge in [0.1, 0.15) is 17.2 Å². The first-order valence-corrected chi connectivity index (χ1v) is 6.52. The molecule has 3 rings (SSSR count). The number of aromatic amines is 1. The van der Waals surface area contributed by atoms with E-state index in [2.05, 4.69) is 9.97 Å². The molecule has 0 aliphatic carbocycles. The molecule has 2 N–H and O–H groups in total. The molecule has 2 aromatic carbocycles. The number of carboxylic acid groups (broad SMARTS) is 1. The van der Waals surface area contributed by atoms with Crippen LogP contribution in [0.2, 0.25) is 5.02 Å². The topological polar surface area (TPSA) is 66.0 Å². The van der Waals surface area contributed by atoms with Crippen molar-refractivity contribution in [3.05, 3.63) is 52.3 Å². The first-order chi connectivity index (χ1) is 9.94. The summed E-state index contributed by atoms with van der Waals surface area (Å²) in [5.74, 6) is -1.40. The number of H-pyrrole nitrogens is 1. The van der Waals surface area contributed by atoms with Crippen LogP contribution in [0.4, 0.5) is 4.39 Å². The van der Waals surface area contributed by atoms with Crippen LogP contribution in [-0.2, 0) is 0 Å². The Morgan fingerprint density at radius 3 is 2.71 bits per heavy atom. The minimum absolute atomic E-state index is 0.175. The Morgan fingerprint density at radius 1 is 1.29 bits per heavy atom. The maximum Gasteiger partial charge on any atom is 0.338 e. The van der Waals surface area contributed by atoms with Crippen molar-refractivity contribution in [2.45, 2.75) is 6.92 Å². The Labute approximate surface area is 124 Å². The number of hydrogen-bond acceptors (Lipinski definition) is 2. The molecule has 1 heterocycles. The molecule has 0 saturated carbocycles. The number of aryl methyl sites for hydroxylation is 1. The molecule has 0 atom stereocenters. The number of imidazole rings is 1. The lowest BCUT2D eigenvalue weighted by molar-refractivity contribution is 0.0698. The number of nitrogens with one attached hydrogen (secondary N) is 1. The van der Waals surface area contributed by atoms with Crippen molar-refractivity contribution in [3.63, 3.8) is 0 Å². The minimum atomic E-state index is -1.22. The van der Waals surface area contributed by atoms with Crippen molar-refractivity contribution in [3.8, 4) is 11.4 Å². The van der Waals surface area contributed by atoms with E-state index in [1.165, 1.54) is 6.07 Å². The van der Waals surface area contributed by atoms with E-state index in [-0.39, 0.29) is 11.1 Å². The monoisotopic (exact) mass is 304 g/mol. The highest BCUT2D eigenvalue weighted by atomic mass is 35.5. The van der Waals surface area contributed by atoms with Crippen LogP contribution in [-0.4, -0.2) is 21.0 Å². The van der Waals surface area contributed by atoms with Gasteiger partial charge in [0.05, 0.1) is 11.1 Å². The first kappa shape index (κ1) is 13.6. The molecule has 106 valence electrons. The lowest BCUT2D eigenvalue weighted by atomic mass is 10.1. The number of nitrogens with zero attached hydrogens (tertiary/aromatic N) is 1. The Bertz CT molecular complexity index is 853. The standard InChI is InChI=1S/C15H10ClFN2O2/c1-7-2-8(4-9(16)3-7)14-18-12-6-10(17)5-11(15(20)21)13(12)19-14/h2-6H,1H3,(H,18,19)(H,20,21). The lowest BCUT2D eigenvalue weighted by Crippen LogP contribution is -1.98. The van der Waals surface area contributed by atoms with Gasteiger partial charge in [-0.25, -0.2) is 14.2 Å². The van der Waals surface area contributed by atoms with E-state index >= 15 is 0 Å². The molecule has 0 unspecified atom stereocenters. The van der Waals surface area contributed by atoms with Crippen LogP contribution in [0.3, 0.4) is 0 Å². The second-order valence-corrected chi connectivity index (χ2v) is 5.19. The Kier molecular flexibility index (Phi) is 3.14. The number of carbonyl (C=O) groups is 1. The summed E-state index contributed by atoms with van der Waals surface area (Å²) in [5.41, 5.74) is 2.04. The summed E-state index contributed by atoms with van der Waals surface area (Å²) in [6.07, 6.45) is 0. The molecule has 0 aliphatic rings. The van der Waals surface area contributed by atoms with Crippen LogP contribution in [0.15, 0.2) is 30.3 Å². The smallest absolute Gasteiger partial charge is 0.338 e. The zero-order valence-electron chi connectivity index (χ0n) is 10.9. The van der Waals surface area contributed by atoms with Crippen LogP contribution in [0.5, 0.6) is 0 Å². The number of carboxylic acids is 1. The Balaban J connectivity index is 2.26. The number of fused-ring (bicyclic) bond motifs is 1. The summed E-state index contributed by atoms with van der Waals surface area (Å²) in [4.78, 5) is 18.4. The van der Waals surface area contributed by atoms with Gasteiger partial charge in [-0.1, -0.05) is 11.6 Å². The summed E-state index contributed by atoms with van der Waals surface area (Å²) >= 11 is 6.01. The Morgan fingerprint density at radius 2 is 2.05 bits per heavy atom. The van der Waals surface area contributed by atoms with Gasteiger partial charge in [-0.15, -0.1) is 0 Å². The van der Waals surface area contributed by atoms with Crippen LogP contribution < -0.4 is 0 Å². The molecule has 0 saturated heterocycles. The minimum Gasteiger partial charge on any atom is -0.478 e. The van der Waals surface area contributed by atoms with Crippen molar-refractivity contribution in [2.75, 3.05) is 0 Å². The average Bonchev–Trinajstić information content (AvgIpc) is 2.79. The summed E-state index contributed by atoms with van der Waals surface area (Å²) < 4.78 is 13.5. The second kappa shape index (κ2) is 4.86. The van der Waals surface area contributed by atoms with E-state index in [0.717, 1.165) is 11.6 Å². The zero-order valence-corrected chi connectivity index (χ0v) is 11.7. The number of rotatable bonds is 2. The quantitative estimate of drug-likeness (QED) is 0.751. The first-order valence-electron chi connectivity index (χ1n) is 6.14. The predicted octanol–water partition coefficient (Wildman–Crippen LogP) is 4.03. The van der Waals surface area contributed by atoms with Crippen LogP contribution in [0.25, 0.3) is 22.4 Å². The number of benzene rings is 2. The van der Waals surface area contributed by atoms with Gasteiger partial charge >= 0.3 is 5.97 Å². The molecule has 0 radical (unpaired) electrons. The SMILES string of the molecule is Cc1cc(Cl)cc(-c2nc3c(C(=O)O)cc(F)cc3[nH]2)c1. The summed E-state index contributed by atoms with van der Waals surface area (Å²) in [6, 6.07) is 7.55. The lowest BCUT2D eigenvalue weighted by Gasteiger charge is -2.00. The fourth-order valence-corrected chi connectivity index (χ4v) is 2.54. The molecule has 0 aliphatic heterocycles. The van der Waals surface area contributed by atoms with Gasteiger partial charge in [-0.2, -0.15) is 0 Å². The predicted molar refractivity (Wildman–Crippen MR) is 78.2 cm³/mol. The number of aromatic carboxylic acids is 1. The molecule has 0 amide bonds. The van der Waals surface area contributed by atoms with Gasteiger partial charge in [0.25, 0.3) is 0 Å². The van der Waals surface area contributed by atoms with Gasteiger partial charge in [-0.3, -0.25) is 0 Å². The van der Waals surface area contributed by atoms with Gasteiger partial charge in [-0.05, 0) is 42.8 Å². The molecule has 1 aromatic heterocycles. The third-order valence-electron chi connectivity index (χ3n) is 3.10. The van der Waals surface area contributed by atoms with Crippen molar-refractivity contribution >= 4 is 28.6 Å². The largest absolute Gasteiger partial charge is 0.478 e. The molecule has 4 nitrogen and oxygen atoms in total. The Hall–Kier alpha value is -2.40. The number of hydrogen-bond donors (Lipinski definition) is 2. The third-order valence-corrected chi connectivity index (χ3v) is 3.32. The van der Waals surface area contributed by atoms with Crippen LogP contribution in [0, 0.1) is 12.7 Å². The molecule has 6 heteroatoms. The van der Waals surface area contributed by atoms with Crippen LogP contribution in [0.1, 0.15) is 15.9 Å². The number of halogens is 2. The van der Waals surface area contributed by atoms with E-state index in [1.54, 1.807) is 12.1 Å². The normalized spacial score (nSPS) is 11.0. The zero-order chi connectivity index (χ0) is 15.1. The maximum absolute atomic E-state index is 13.5. The summed E-state index contributed by atoms with van der Waals surface area (Å²) in [5, 5.41) is 9.68. The fourth-order valence-electron chi connectivity index (χ4n) is 2.26. The molecule has 0 bridgehead atoms. The fraction of sp³-hybridized carbons (Fsp3) is 0.0667. The van der Waals surface area contributed by atoms with E-state index < -0.39 is 11.8 Å². The highest BCUT2D eigenvalue weighted by Gasteiger charge is 2.16. The molecule has 21 heavy (non-hydrogen) atoms. The molecule has 0 fully saturated rings. The third kappa shape index (κ3) is 2.48.